The molecular weight excluding hydrogens is 348 g/mol. The fourth-order valence-electron chi connectivity index (χ4n) is 2.38. The molecule has 0 saturated heterocycles. The van der Waals surface area contributed by atoms with Gasteiger partial charge in [-0.1, -0.05) is 0 Å². The molecule has 0 aliphatic rings. The third-order valence-electron chi connectivity index (χ3n) is 4.37. The summed E-state index contributed by atoms with van der Waals surface area (Å²) >= 11 is 5.37. The predicted octanol–water partition coefficient (Wildman–Crippen LogP) is 4.84. The molecule has 1 N–H and O–H groups in total. The van der Waals surface area contributed by atoms with Crippen molar-refractivity contribution in [2.45, 2.75) is 52.9 Å². The Kier molecular flexibility index (Phi) is 8.08. The van der Waals surface area contributed by atoms with Crippen LogP contribution in [-0.4, -0.2) is 44.3 Å². The van der Waals surface area contributed by atoms with Crippen LogP contribution in [0.5, 0.6) is 0 Å². The lowest BCUT2D eigenvalue weighted by atomic mass is 10.0. The van der Waals surface area contributed by atoms with Gasteiger partial charge < -0.3 is 15.0 Å². The first-order chi connectivity index (χ1) is 11.6. The average Bonchev–Trinajstić information content (AvgIpc) is 2.54. The minimum atomic E-state index is -1.08. The van der Waals surface area contributed by atoms with Crippen LogP contribution in [0.2, 0.25) is 25.7 Å². The highest BCUT2D eigenvalue weighted by atomic mass is 32.1. The molecule has 4 nitrogen and oxygen atoms in total. The molecule has 0 bridgehead atoms. The van der Waals surface area contributed by atoms with Gasteiger partial charge in [-0.2, -0.15) is 33.8 Å². The number of carbonyl (C=O) groups is 1. The van der Waals surface area contributed by atoms with Crippen molar-refractivity contribution in [1.29, 1.82) is 0 Å². The third-order valence-corrected chi connectivity index (χ3v) is 6.64. The first kappa shape index (κ1) is 21.6. The standard InChI is InChI=1S/C19H32N2O2SSi/c1-8-21(4)19(24)20-17-11-10-16(14(2)15(17)3)18(22)23-12-9-13-25(5,6)7/h10-11H,8-9,12-13H2,1-7H3,(H,20,24)/q-1. The van der Waals surface area contributed by atoms with E-state index in [1.165, 1.54) is 6.04 Å². The van der Waals surface area contributed by atoms with E-state index in [9.17, 15) is 4.79 Å². The number of anilines is 1. The summed E-state index contributed by atoms with van der Waals surface area (Å²) in [5.74, 6) is -0.240. The molecule has 0 saturated carbocycles. The Morgan fingerprint density at radius 2 is 1.88 bits per heavy atom. The van der Waals surface area contributed by atoms with Crippen molar-refractivity contribution in [3.63, 3.8) is 0 Å². The number of ether oxygens (including phenoxy) is 1. The number of rotatable bonds is 7. The summed E-state index contributed by atoms with van der Waals surface area (Å²) in [6, 6.07) is 4.89. The molecule has 0 radical (unpaired) electrons. The Bertz CT molecular complexity index is 627. The molecule has 141 valence electrons. The lowest BCUT2D eigenvalue weighted by Crippen LogP contribution is -2.31. The number of hydrogen-bond donors (Lipinski definition) is 1. The van der Waals surface area contributed by atoms with Crippen molar-refractivity contribution >= 4 is 37.1 Å². The molecule has 0 aliphatic carbocycles. The number of hydrogen-bond acceptors (Lipinski definition) is 3. The first-order valence-electron chi connectivity index (χ1n) is 8.86. The minimum Gasteiger partial charge on any atom is -0.462 e. The van der Waals surface area contributed by atoms with E-state index in [1.807, 2.05) is 44.9 Å². The molecule has 0 unspecified atom stereocenters. The summed E-state index contributed by atoms with van der Waals surface area (Å²) < 4.78 is 5.46. The van der Waals surface area contributed by atoms with Gasteiger partial charge in [-0.05, 0) is 62.7 Å². The Balaban J connectivity index is 2.75. The third kappa shape index (κ3) is 6.78. The second-order valence-corrected chi connectivity index (χ2v) is 13.7. The summed E-state index contributed by atoms with van der Waals surface area (Å²) in [7, 11) is 0.868. The van der Waals surface area contributed by atoms with Crippen LogP contribution in [-0.2, 0) is 4.74 Å². The second-order valence-electron chi connectivity index (χ2n) is 7.66. The van der Waals surface area contributed by atoms with Gasteiger partial charge in [0.2, 0.25) is 0 Å². The molecule has 0 atom stereocenters. The Hall–Kier alpha value is -1.40. The van der Waals surface area contributed by atoms with Crippen molar-refractivity contribution in [2.75, 3.05) is 25.5 Å². The quantitative estimate of drug-likeness (QED) is 0.317. The highest BCUT2D eigenvalue weighted by molar-refractivity contribution is 7.80. The van der Waals surface area contributed by atoms with Crippen LogP contribution in [0.1, 0.15) is 34.8 Å². The van der Waals surface area contributed by atoms with Gasteiger partial charge in [0.1, 0.15) is 0 Å². The van der Waals surface area contributed by atoms with Gasteiger partial charge in [0, 0.05) is 19.3 Å². The molecule has 0 heterocycles. The van der Waals surface area contributed by atoms with Crippen molar-refractivity contribution in [1.82, 2.24) is 4.90 Å². The van der Waals surface area contributed by atoms with E-state index < -0.39 is 8.07 Å². The number of thiocarbonyl (C=S) groups is 1. The Morgan fingerprint density at radius 3 is 2.44 bits per heavy atom. The molecule has 25 heavy (non-hydrogen) atoms. The zero-order chi connectivity index (χ0) is 19.2. The van der Waals surface area contributed by atoms with Crippen LogP contribution in [0.25, 0.3) is 0 Å². The molecule has 1 aromatic rings. The van der Waals surface area contributed by atoms with E-state index in [0.717, 1.165) is 29.8 Å². The number of carbonyl (C=O) groups excluding carboxylic acids is 1. The smallest absolute Gasteiger partial charge is 0.338 e. The summed E-state index contributed by atoms with van der Waals surface area (Å²) in [6.07, 6.45) is 0.941. The number of nitrogens with zero attached hydrogens (tertiary/aromatic N) is 1. The fourth-order valence-corrected chi connectivity index (χ4v) is 3.82. The van der Waals surface area contributed by atoms with Crippen LogP contribution in [0.3, 0.4) is 0 Å². The molecule has 1 rings (SSSR count). The molecular formula is C19H32N2O2SSi-. The van der Waals surface area contributed by atoms with Crippen molar-refractivity contribution in [3.8, 4) is 0 Å². The molecule has 0 aromatic heterocycles. The Morgan fingerprint density at radius 1 is 1.24 bits per heavy atom. The Labute approximate surface area is 159 Å². The largest absolute Gasteiger partial charge is 0.462 e. The maximum atomic E-state index is 12.4. The fraction of sp³-hybridized carbons (Fsp3) is 0.579. The van der Waals surface area contributed by atoms with E-state index in [2.05, 4.69) is 25.0 Å². The lowest BCUT2D eigenvalue weighted by molar-refractivity contribution is 0.0504. The van der Waals surface area contributed by atoms with E-state index in [4.69, 9.17) is 17.0 Å². The number of esters is 1. The van der Waals surface area contributed by atoms with E-state index in [0.29, 0.717) is 17.3 Å². The van der Waals surface area contributed by atoms with Gasteiger partial charge in [-0.25, -0.2) is 4.79 Å². The monoisotopic (exact) mass is 380 g/mol. The summed E-state index contributed by atoms with van der Waals surface area (Å²) in [6.45, 7) is 14.3. The maximum absolute atomic E-state index is 12.4. The zero-order valence-electron chi connectivity index (χ0n) is 16.7. The molecule has 0 spiro atoms. The number of nitrogens with one attached hydrogen (secondary N) is 1. The van der Waals surface area contributed by atoms with Gasteiger partial charge in [-0.3, -0.25) is 0 Å². The van der Waals surface area contributed by atoms with E-state index in [1.54, 1.807) is 0 Å². The second kappa shape index (κ2) is 9.34. The van der Waals surface area contributed by atoms with Crippen molar-refractivity contribution in [3.05, 3.63) is 28.8 Å². The van der Waals surface area contributed by atoms with E-state index in [-0.39, 0.29) is 5.97 Å². The van der Waals surface area contributed by atoms with Crippen LogP contribution < -0.4 is 5.32 Å². The van der Waals surface area contributed by atoms with Crippen molar-refractivity contribution < 1.29 is 9.53 Å². The van der Waals surface area contributed by atoms with Crippen LogP contribution >= 0.6 is 12.2 Å². The van der Waals surface area contributed by atoms with Crippen molar-refractivity contribution in [2.24, 2.45) is 0 Å². The number of benzene rings is 1. The molecule has 0 fully saturated rings. The molecule has 0 amide bonds. The average molecular weight is 381 g/mol. The summed E-state index contributed by atoms with van der Waals surface area (Å²) in [4.78, 5) is 14.3. The summed E-state index contributed by atoms with van der Waals surface area (Å²) in [5, 5.41) is 3.92. The van der Waals surface area contributed by atoms with Crippen LogP contribution in [0, 0.1) is 13.8 Å². The van der Waals surface area contributed by atoms with E-state index >= 15 is 0 Å². The maximum Gasteiger partial charge on any atom is 0.338 e. The topological polar surface area (TPSA) is 41.6 Å². The van der Waals surface area contributed by atoms with Gasteiger partial charge in [0.25, 0.3) is 0 Å². The predicted molar refractivity (Wildman–Crippen MR) is 113 cm³/mol. The van der Waals surface area contributed by atoms with Crippen LogP contribution in [0.15, 0.2) is 12.1 Å². The first-order valence-corrected chi connectivity index (χ1v) is 13.0. The van der Waals surface area contributed by atoms with Gasteiger partial charge in [-0.15, -0.1) is 0 Å². The zero-order valence-corrected chi connectivity index (χ0v) is 18.5. The summed E-state index contributed by atoms with van der Waals surface area (Å²) in [5.41, 5.74) is 3.51. The molecule has 6 heteroatoms. The molecule has 1 aromatic carbocycles. The molecule has 0 aliphatic heterocycles. The highest BCUT2D eigenvalue weighted by Gasteiger charge is 2.15. The lowest BCUT2D eigenvalue weighted by Gasteiger charge is -2.26. The van der Waals surface area contributed by atoms with Gasteiger partial charge in [0.05, 0.1) is 12.2 Å². The van der Waals surface area contributed by atoms with Gasteiger partial charge >= 0.3 is 5.97 Å². The van der Waals surface area contributed by atoms with Crippen LogP contribution in [0.4, 0.5) is 5.69 Å². The minimum absolute atomic E-state index is 0.240. The van der Waals surface area contributed by atoms with Gasteiger partial charge in [0.15, 0.2) is 5.11 Å². The normalized spacial score (nSPS) is 11.2. The highest BCUT2D eigenvalue weighted by Crippen LogP contribution is 2.23. The SMILES string of the molecule is CCN(C)C(=S)Nc1ccc(C(=O)OCCC[Si-](C)(C)C)c(C)c1C.